The van der Waals surface area contributed by atoms with Gasteiger partial charge in [-0.1, -0.05) is 0 Å². The molecule has 0 aromatic carbocycles. The van der Waals surface area contributed by atoms with Crippen LogP contribution in [0.5, 0.6) is 5.88 Å². The number of hydrogen-bond acceptors (Lipinski definition) is 6. The first-order chi connectivity index (χ1) is 10.8. The van der Waals surface area contributed by atoms with Crippen LogP contribution in [-0.4, -0.2) is 32.8 Å². The van der Waals surface area contributed by atoms with Gasteiger partial charge in [0.25, 0.3) is 0 Å². The third-order valence-electron chi connectivity index (χ3n) is 3.13. The number of methoxy groups -OCH3 is 1. The lowest BCUT2D eigenvalue weighted by atomic mass is 10.3. The van der Waals surface area contributed by atoms with Gasteiger partial charge >= 0.3 is 0 Å². The largest absolute Gasteiger partial charge is 0.480 e. The second-order valence-corrected chi connectivity index (χ2v) is 4.62. The van der Waals surface area contributed by atoms with Gasteiger partial charge in [0.15, 0.2) is 11.5 Å². The summed E-state index contributed by atoms with van der Waals surface area (Å²) >= 11 is 0. The minimum Gasteiger partial charge on any atom is -0.480 e. The standard InChI is InChI=1S/C14H15N5O3/c1-21-14-7-5-12-17-16-11(19(12)18-14)4-6-13(20)15-9-10-3-2-8-22-10/h2-3,5,7-8H,4,6,9H2,1H3,(H,15,20). The molecule has 22 heavy (non-hydrogen) atoms. The molecule has 8 heteroatoms. The first-order valence-corrected chi connectivity index (χ1v) is 6.80. The van der Waals surface area contributed by atoms with E-state index in [1.54, 1.807) is 36.1 Å². The lowest BCUT2D eigenvalue weighted by Gasteiger charge is -2.03. The van der Waals surface area contributed by atoms with E-state index in [-0.39, 0.29) is 5.91 Å². The molecule has 0 spiro atoms. The Morgan fingerprint density at radius 3 is 3.05 bits per heavy atom. The quantitative estimate of drug-likeness (QED) is 0.729. The maximum atomic E-state index is 11.8. The van der Waals surface area contributed by atoms with E-state index in [9.17, 15) is 4.79 Å². The van der Waals surface area contributed by atoms with Crippen molar-refractivity contribution in [3.05, 3.63) is 42.1 Å². The Bertz CT molecular complexity index is 766. The minimum atomic E-state index is -0.0870. The number of aryl methyl sites for hydroxylation is 1. The number of fused-ring (bicyclic) bond motifs is 1. The number of ether oxygens (including phenoxy) is 1. The van der Waals surface area contributed by atoms with Crippen LogP contribution in [0, 0.1) is 0 Å². The molecule has 0 saturated heterocycles. The average molecular weight is 301 g/mol. The predicted octanol–water partition coefficient (Wildman–Crippen LogP) is 0.975. The summed E-state index contributed by atoms with van der Waals surface area (Å²) in [5.74, 6) is 1.71. The van der Waals surface area contributed by atoms with Crippen LogP contribution in [0.2, 0.25) is 0 Å². The van der Waals surface area contributed by atoms with Gasteiger partial charge < -0.3 is 14.5 Å². The van der Waals surface area contributed by atoms with E-state index < -0.39 is 0 Å². The van der Waals surface area contributed by atoms with Gasteiger partial charge in [-0.25, -0.2) is 0 Å². The molecule has 0 unspecified atom stereocenters. The summed E-state index contributed by atoms with van der Waals surface area (Å²) in [4.78, 5) is 11.8. The average Bonchev–Trinajstić information content (AvgIpc) is 3.19. The number of nitrogens with zero attached hydrogens (tertiary/aromatic N) is 4. The zero-order chi connectivity index (χ0) is 15.4. The number of carbonyl (C=O) groups is 1. The molecule has 0 saturated carbocycles. The van der Waals surface area contributed by atoms with Gasteiger partial charge in [0.05, 0.1) is 19.9 Å². The fraction of sp³-hybridized carbons (Fsp3) is 0.286. The molecule has 3 aromatic rings. The summed E-state index contributed by atoms with van der Waals surface area (Å²) in [6.07, 6.45) is 2.30. The molecule has 3 heterocycles. The number of nitrogens with one attached hydrogen (secondary N) is 1. The molecule has 0 aliphatic carbocycles. The van der Waals surface area contributed by atoms with Crippen molar-refractivity contribution >= 4 is 11.6 Å². The Labute approximate surface area is 126 Å². The second-order valence-electron chi connectivity index (χ2n) is 4.62. The van der Waals surface area contributed by atoms with E-state index in [2.05, 4.69) is 20.6 Å². The highest BCUT2D eigenvalue weighted by molar-refractivity contribution is 5.75. The Balaban J connectivity index is 1.60. The van der Waals surface area contributed by atoms with Gasteiger partial charge in [-0.2, -0.15) is 4.52 Å². The van der Waals surface area contributed by atoms with Crippen molar-refractivity contribution in [3.63, 3.8) is 0 Å². The molecule has 0 aliphatic heterocycles. The van der Waals surface area contributed by atoms with Crippen molar-refractivity contribution in [2.45, 2.75) is 19.4 Å². The molecular weight excluding hydrogens is 286 g/mol. The Morgan fingerprint density at radius 2 is 2.27 bits per heavy atom. The summed E-state index contributed by atoms with van der Waals surface area (Å²) < 4.78 is 11.8. The predicted molar refractivity (Wildman–Crippen MR) is 76.2 cm³/mol. The summed E-state index contributed by atoms with van der Waals surface area (Å²) in [7, 11) is 1.54. The molecule has 0 fully saturated rings. The Hall–Kier alpha value is -2.90. The van der Waals surface area contributed by atoms with Crippen LogP contribution in [0.4, 0.5) is 0 Å². The fourth-order valence-electron chi connectivity index (χ4n) is 1.99. The van der Waals surface area contributed by atoms with Crippen LogP contribution in [0.1, 0.15) is 18.0 Å². The fourth-order valence-corrected chi connectivity index (χ4v) is 1.99. The van der Waals surface area contributed by atoms with Gasteiger partial charge in [-0.15, -0.1) is 15.3 Å². The monoisotopic (exact) mass is 301 g/mol. The van der Waals surface area contributed by atoms with Gasteiger partial charge in [0, 0.05) is 18.9 Å². The maximum absolute atomic E-state index is 11.8. The van der Waals surface area contributed by atoms with Crippen molar-refractivity contribution in [2.24, 2.45) is 0 Å². The number of aromatic nitrogens is 4. The van der Waals surface area contributed by atoms with Gasteiger partial charge in [0.2, 0.25) is 11.8 Å². The topological polar surface area (TPSA) is 94.5 Å². The Kier molecular flexibility index (Phi) is 3.99. The first kappa shape index (κ1) is 14.1. The van der Waals surface area contributed by atoms with Crippen LogP contribution in [0.25, 0.3) is 5.65 Å². The summed E-state index contributed by atoms with van der Waals surface area (Å²) in [6, 6.07) is 7.06. The normalized spacial score (nSPS) is 10.8. The SMILES string of the molecule is COc1ccc2nnc(CCC(=O)NCc3ccco3)n2n1. The van der Waals surface area contributed by atoms with Gasteiger partial charge in [0.1, 0.15) is 5.76 Å². The highest BCUT2D eigenvalue weighted by Crippen LogP contribution is 2.09. The molecule has 0 atom stereocenters. The lowest BCUT2D eigenvalue weighted by Crippen LogP contribution is -2.23. The molecular formula is C14H15N5O3. The molecule has 0 aliphatic rings. The van der Waals surface area contributed by atoms with E-state index in [0.29, 0.717) is 42.5 Å². The van der Waals surface area contributed by atoms with E-state index in [4.69, 9.17) is 9.15 Å². The number of hydrogen-bond donors (Lipinski definition) is 1. The summed E-state index contributed by atoms with van der Waals surface area (Å²) in [6.45, 7) is 0.373. The highest BCUT2D eigenvalue weighted by Gasteiger charge is 2.10. The smallest absolute Gasteiger partial charge is 0.231 e. The second kappa shape index (κ2) is 6.25. The number of carbonyl (C=O) groups excluding carboxylic acids is 1. The van der Waals surface area contributed by atoms with Gasteiger partial charge in [-0.05, 0) is 18.2 Å². The Morgan fingerprint density at radius 1 is 1.36 bits per heavy atom. The lowest BCUT2D eigenvalue weighted by molar-refractivity contribution is -0.121. The summed E-state index contributed by atoms with van der Waals surface area (Å²) in [5.41, 5.74) is 0.617. The third kappa shape index (κ3) is 3.05. The number of rotatable bonds is 6. The molecule has 0 bridgehead atoms. The zero-order valence-electron chi connectivity index (χ0n) is 12.0. The zero-order valence-corrected chi connectivity index (χ0v) is 12.0. The number of amides is 1. The van der Waals surface area contributed by atoms with Crippen LogP contribution in [-0.2, 0) is 17.8 Å². The van der Waals surface area contributed by atoms with Crippen molar-refractivity contribution in [1.29, 1.82) is 0 Å². The van der Waals surface area contributed by atoms with E-state index in [1.807, 2.05) is 6.07 Å². The van der Waals surface area contributed by atoms with Crippen LogP contribution < -0.4 is 10.1 Å². The van der Waals surface area contributed by atoms with Crippen molar-refractivity contribution in [2.75, 3.05) is 7.11 Å². The van der Waals surface area contributed by atoms with Gasteiger partial charge in [-0.3, -0.25) is 4.79 Å². The molecule has 1 amide bonds. The third-order valence-corrected chi connectivity index (χ3v) is 3.13. The summed E-state index contributed by atoms with van der Waals surface area (Å²) in [5, 5.41) is 15.1. The molecule has 3 rings (SSSR count). The maximum Gasteiger partial charge on any atom is 0.231 e. The highest BCUT2D eigenvalue weighted by atomic mass is 16.5. The van der Waals surface area contributed by atoms with E-state index >= 15 is 0 Å². The van der Waals surface area contributed by atoms with Crippen LogP contribution >= 0.6 is 0 Å². The van der Waals surface area contributed by atoms with Crippen molar-refractivity contribution < 1.29 is 13.9 Å². The van der Waals surface area contributed by atoms with Crippen LogP contribution in [0.15, 0.2) is 34.9 Å². The molecule has 8 nitrogen and oxygen atoms in total. The van der Waals surface area contributed by atoms with Crippen LogP contribution in [0.3, 0.4) is 0 Å². The number of furan rings is 1. The molecule has 1 N–H and O–H groups in total. The molecule has 3 aromatic heterocycles. The van der Waals surface area contributed by atoms with E-state index in [1.165, 1.54) is 0 Å². The molecule has 114 valence electrons. The minimum absolute atomic E-state index is 0.0870. The van der Waals surface area contributed by atoms with Crippen molar-refractivity contribution in [1.82, 2.24) is 25.1 Å². The first-order valence-electron chi connectivity index (χ1n) is 6.80. The van der Waals surface area contributed by atoms with Crippen molar-refractivity contribution in [3.8, 4) is 5.88 Å². The molecule has 0 radical (unpaired) electrons. The van der Waals surface area contributed by atoms with E-state index in [0.717, 1.165) is 0 Å².